The summed E-state index contributed by atoms with van der Waals surface area (Å²) in [5.74, 6) is 1.94. The molecule has 0 saturated heterocycles. The van der Waals surface area contributed by atoms with E-state index in [2.05, 4.69) is 169 Å². The van der Waals surface area contributed by atoms with Gasteiger partial charge in [-0.1, -0.05) is 139 Å². The Bertz CT molecular complexity index is 3090. The summed E-state index contributed by atoms with van der Waals surface area (Å²) < 4.78 is 5.55. The SMILES string of the molecule is CC(C)c1ccc2c(c1)CC[C@H]1[C@](C)(CNC(=O)Cn3cc(-c4ccc5c6ccc(-c7cn(CC(=O)NC[C@]8(C)CCC[C@]9(C)c%10ccc(C(C)C)cc%10CC[C@@H]89)nn7)cc6n(CCNCl)c5c4)nn3)CCC[C@]21C. The fourth-order valence-corrected chi connectivity index (χ4v) is 15.3. The quantitative estimate of drug-likeness (QED) is 0.0870. The van der Waals surface area contributed by atoms with Gasteiger partial charge in [-0.2, -0.15) is 0 Å². The molecule has 0 spiro atoms. The average Bonchev–Trinajstić information content (AvgIpc) is 4.18. The number of amides is 2. The van der Waals surface area contributed by atoms with E-state index in [-0.39, 0.29) is 46.6 Å². The van der Waals surface area contributed by atoms with Gasteiger partial charge in [-0.25, -0.2) is 14.2 Å². The molecule has 13 heteroatoms. The summed E-state index contributed by atoms with van der Waals surface area (Å²) in [4.78, 5) is 30.1. The fourth-order valence-electron chi connectivity index (χ4n) is 15.3. The van der Waals surface area contributed by atoms with Gasteiger partial charge >= 0.3 is 0 Å². The maximum absolute atomic E-state index is 13.6. The van der Waals surface area contributed by atoms with Gasteiger partial charge in [0.2, 0.25) is 11.8 Å². The Morgan fingerprint density at radius 1 is 0.627 bits per heavy atom. The van der Waals surface area contributed by atoms with Crippen LogP contribution in [0.25, 0.3) is 44.3 Å². The highest BCUT2D eigenvalue weighted by Gasteiger charge is 2.53. The Morgan fingerprint density at radius 2 is 1.08 bits per heavy atom. The number of fused-ring (bicyclic) bond motifs is 9. The highest BCUT2D eigenvalue weighted by Crippen LogP contribution is 2.59. The summed E-state index contributed by atoms with van der Waals surface area (Å²) in [5.41, 5.74) is 14.4. The van der Waals surface area contributed by atoms with Crippen molar-refractivity contribution in [3.05, 3.63) is 119 Å². The van der Waals surface area contributed by atoms with Crippen molar-refractivity contribution in [2.45, 2.75) is 162 Å². The van der Waals surface area contributed by atoms with Crippen molar-refractivity contribution in [2.24, 2.45) is 22.7 Å². The normalized spacial score (nSPS) is 25.3. The van der Waals surface area contributed by atoms with Crippen LogP contribution < -0.4 is 15.5 Å². The number of aromatic nitrogens is 7. The molecule has 394 valence electrons. The number of benzene rings is 4. The zero-order chi connectivity index (χ0) is 52.4. The van der Waals surface area contributed by atoms with Gasteiger partial charge in [-0.05, 0) is 154 Å². The molecule has 0 bridgehead atoms. The van der Waals surface area contributed by atoms with E-state index in [1.807, 2.05) is 12.4 Å². The Morgan fingerprint density at radius 3 is 1.51 bits per heavy atom. The standard InChI is InChI=1S/C62H77ClN10O2/c1-39(2)41-13-19-49-43(29-41)15-21-55-59(5,23-9-25-61(49,55)7)37-64-57(74)35-71-33-51(67-69-71)45-11-17-47-48-18-12-46(32-54(48)73(28-27-66-63)53(47)31-45)52-34-72(70-68-52)36-58(75)65-38-60(6)24-10-26-62(8)50-20-14-42(40(3)4)30-44(50)16-22-56(60)62/h11-14,17-20,29-34,39-40,55-56,66H,9-10,15-16,21-28,35-38H2,1-8H3,(H,64,74)(H,65,75)/t55-,56-,59-,60-,61+,62+/m0/s1. The third-order valence-electron chi connectivity index (χ3n) is 19.3. The first-order valence-electron chi connectivity index (χ1n) is 28.0. The smallest absolute Gasteiger partial charge is 0.241 e. The van der Waals surface area contributed by atoms with E-state index in [0.29, 0.717) is 61.2 Å². The van der Waals surface area contributed by atoms with Crippen molar-refractivity contribution < 1.29 is 9.59 Å². The monoisotopic (exact) mass is 1030 g/mol. The summed E-state index contributed by atoms with van der Waals surface area (Å²) in [7, 11) is 0. The van der Waals surface area contributed by atoms with Gasteiger partial charge in [0.25, 0.3) is 0 Å². The Balaban J connectivity index is 0.747. The molecule has 0 aliphatic heterocycles. The maximum Gasteiger partial charge on any atom is 0.241 e. The second-order valence-electron chi connectivity index (χ2n) is 24.8. The third kappa shape index (κ3) is 9.40. The molecule has 3 heterocycles. The van der Waals surface area contributed by atoms with E-state index in [1.165, 1.54) is 46.2 Å². The first kappa shape index (κ1) is 51.3. The minimum atomic E-state index is -0.0520. The van der Waals surface area contributed by atoms with Crippen LogP contribution in [0.5, 0.6) is 0 Å². The van der Waals surface area contributed by atoms with Crippen molar-refractivity contribution in [1.82, 2.24) is 50.0 Å². The van der Waals surface area contributed by atoms with Crippen LogP contribution in [-0.2, 0) is 52.9 Å². The highest BCUT2D eigenvalue weighted by atomic mass is 35.5. The van der Waals surface area contributed by atoms with Crippen LogP contribution in [0.4, 0.5) is 0 Å². The molecule has 4 aromatic carbocycles. The predicted octanol–water partition coefficient (Wildman–Crippen LogP) is 12.0. The van der Waals surface area contributed by atoms with Gasteiger partial charge in [0.1, 0.15) is 24.5 Å². The number of hydrogen-bond acceptors (Lipinski definition) is 7. The van der Waals surface area contributed by atoms with E-state index < -0.39 is 0 Å². The van der Waals surface area contributed by atoms with E-state index in [9.17, 15) is 9.59 Å². The highest BCUT2D eigenvalue weighted by molar-refractivity contribution is 6.13. The molecule has 0 unspecified atom stereocenters. The van der Waals surface area contributed by atoms with Gasteiger partial charge in [0.15, 0.2) is 0 Å². The number of carbonyl (C=O) groups excluding carboxylic acids is 2. The largest absolute Gasteiger partial charge is 0.354 e. The van der Waals surface area contributed by atoms with E-state index >= 15 is 0 Å². The molecule has 2 saturated carbocycles. The van der Waals surface area contributed by atoms with Crippen LogP contribution in [0.15, 0.2) is 85.2 Å². The summed E-state index contributed by atoms with van der Waals surface area (Å²) >= 11 is 6.08. The lowest BCUT2D eigenvalue weighted by Crippen LogP contribution is -2.53. The summed E-state index contributed by atoms with van der Waals surface area (Å²) in [6, 6.07) is 27.1. The number of nitrogens with one attached hydrogen (secondary N) is 3. The fraction of sp³-hybridized carbons (Fsp3) is 0.516. The molecular formula is C62H77ClN10O2. The molecular weight excluding hydrogens is 952 g/mol. The van der Waals surface area contributed by atoms with E-state index in [4.69, 9.17) is 11.8 Å². The van der Waals surface area contributed by atoms with Crippen LogP contribution >= 0.6 is 11.8 Å². The molecule has 7 aromatic rings. The van der Waals surface area contributed by atoms with Gasteiger partial charge in [-0.3, -0.25) is 9.59 Å². The van der Waals surface area contributed by atoms with Crippen LogP contribution in [0, 0.1) is 22.7 Å². The third-order valence-corrected chi connectivity index (χ3v) is 19.5. The second kappa shape index (κ2) is 19.9. The van der Waals surface area contributed by atoms with Gasteiger partial charge in [0, 0.05) is 59.1 Å². The lowest BCUT2D eigenvalue weighted by atomic mass is 9.49. The van der Waals surface area contributed by atoms with Crippen molar-refractivity contribution >= 4 is 45.4 Å². The van der Waals surface area contributed by atoms with Crippen molar-refractivity contribution in [3.63, 3.8) is 0 Å². The van der Waals surface area contributed by atoms with Crippen molar-refractivity contribution in [1.29, 1.82) is 0 Å². The predicted molar refractivity (Wildman–Crippen MR) is 301 cm³/mol. The number of rotatable bonds is 15. The zero-order valence-corrected chi connectivity index (χ0v) is 46.3. The maximum atomic E-state index is 13.6. The van der Waals surface area contributed by atoms with E-state index in [1.54, 1.807) is 9.36 Å². The van der Waals surface area contributed by atoms with Crippen LogP contribution in [0.2, 0.25) is 0 Å². The average molecular weight is 1030 g/mol. The molecule has 2 fully saturated rings. The molecule has 6 atom stereocenters. The van der Waals surface area contributed by atoms with Crippen LogP contribution in [0.3, 0.4) is 0 Å². The number of carbonyl (C=O) groups is 2. The number of hydrogen-bond donors (Lipinski definition) is 3. The van der Waals surface area contributed by atoms with Gasteiger partial charge < -0.3 is 15.2 Å². The first-order chi connectivity index (χ1) is 36.0. The number of nitrogens with zero attached hydrogens (tertiary/aromatic N) is 7. The summed E-state index contributed by atoms with van der Waals surface area (Å²) in [6.07, 6.45) is 15.1. The van der Waals surface area contributed by atoms with Crippen molar-refractivity contribution in [2.75, 3.05) is 19.6 Å². The topological polar surface area (TPSA) is 137 Å². The van der Waals surface area contributed by atoms with Gasteiger partial charge in [-0.15, -0.1) is 10.2 Å². The molecule has 3 N–H and O–H groups in total. The molecule has 0 radical (unpaired) electrons. The van der Waals surface area contributed by atoms with Crippen LogP contribution in [-0.4, -0.2) is 66.0 Å². The Hall–Kier alpha value is -5.85. The van der Waals surface area contributed by atoms with E-state index in [0.717, 1.165) is 84.3 Å². The number of aryl methyl sites for hydroxylation is 2. The molecule has 75 heavy (non-hydrogen) atoms. The molecule has 12 nitrogen and oxygen atoms in total. The Kier molecular flexibility index (Phi) is 13.6. The molecule has 4 aliphatic carbocycles. The summed E-state index contributed by atoms with van der Waals surface area (Å²) in [6.45, 7) is 21.5. The lowest BCUT2D eigenvalue weighted by molar-refractivity contribution is -0.123. The van der Waals surface area contributed by atoms with Crippen molar-refractivity contribution in [3.8, 4) is 22.5 Å². The number of halogens is 1. The van der Waals surface area contributed by atoms with Crippen LogP contribution in [0.1, 0.15) is 152 Å². The molecule has 2 amide bonds. The molecule has 4 aliphatic rings. The summed E-state index contributed by atoms with van der Waals surface area (Å²) in [5, 5.41) is 26.8. The Labute approximate surface area is 448 Å². The minimum absolute atomic E-state index is 0.00758. The lowest BCUT2D eigenvalue weighted by Gasteiger charge is -2.55. The first-order valence-corrected chi connectivity index (χ1v) is 28.4. The molecule has 3 aromatic heterocycles. The van der Waals surface area contributed by atoms with Gasteiger partial charge in [0.05, 0.1) is 12.4 Å². The molecule has 11 rings (SSSR count). The minimum Gasteiger partial charge on any atom is -0.354 e. The zero-order valence-electron chi connectivity index (χ0n) is 45.5. The second-order valence-corrected chi connectivity index (χ2v) is 25.1.